The number of hydrogen-bond acceptors (Lipinski definition) is 3. The SMILES string of the molecule is CC(C)C(=O)NCCNC(=O)CNC(=O)c1ccc(F)cc1F. The molecule has 3 amide bonds. The molecule has 0 saturated carbocycles. The van der Waals surface area contributed by atoms with Crippen LogP contribution in [-0.4, -0.2) is 37.4 Å². The minimum atomic E-state index is -1.00. The van der Waals surface area contributed by atoms with Gasteiger partial charge in [-0.15, -0.1) is 0 Å². The number of carbonyl (C=O) groups is 3. The molecule has 0 aliphatic heterocycles. The normalized spacial score (nSPS) is 10.3. The van der Waals surface area contributed by atoms with Gasteiger partial charge >= 0.3 is 0 Å². The van der Waals surface area contributed by atoms with E-state index in [4.69, 9.17) is 0 Å². The molecule has 0 aliphatic carbocycles. The van der Waals surface area contributed by atoms with Crippen molar-refractivity contribution in [1.82, 2.24) is 16.0 Å². The van der Waals surface area contributed by atoms with Gasteiger partial charge in [0.25, 0.3) is 5.91 Å². The molecule has 0 aliphatic rings. The Bertz CT molecular complexity index is 591. The van der Waals surface area contributed by atoms with Crippen molar-refractivity contribution in [2.45, 2.75) is 13.8 Å². The molecule has 8 heteroatoms. The highest BCUT2D eigenvalue weighted by Gasteiger charge is 2.13. The maximum atomic E-state index is 13.4. The number of hydrogen-bond donors (Lipinski definition) is 3. The van der Waals surface area contributed by atoms with Gasteiger partial charge in [0, 0.05) is 25.1 Å². The molecule has 0 atom stereocenters. The van der Waals surface area contributed by atoms with Crippen molar-refractivity contribution >= 4 is 17.7 Å². The Morgan fingerprint density at radius 1 is 1.04 bits per heavy atom. The van der Waals surface area contributed by atoms with E-state index in [1.54, 1.807) is 13.8 Å². The minimum absolute atomic E-state index is 0.126. The van der Waals surface area contributed by atoms with Crippen LogP contribution in [0.15, 0.2) is 18.2 Å². The van der Waals surface area contributed by atoms with Crippen LogP contribution in [0.5, 0.6) is 0 Å². The van der Waals surface area contributed by atoms with Gasteiger partial charge in [0.1, 0.15) is 11.6 Å². The first kappa shape index (κ1) is 18.5. The first-order valence-corrected chi connectivity index (χ1v) is 7.09. The third kappa shape index (κ3) is 6.41. The van der Waals surface area contributed by atoms with Crippen molar-refractivity contribution in [2.75, 3.05) is 19.6 Å². The van der Waals surface area contributed by atoms with Crippen molar-refractivity contribution in [3.8, 4) is 0 Å². The van der Waals surface area contributed by atoms with Crippen LogP contribution < -0.4 is 16.0 Å². The highest BCUT2D eigenvalue weighted by atomic mass is 19.1. The van der Waals surface area contributed by atoms with Crippen molar-refractivity contribution in [3.05, 3.63) is 35.4 Å². The summed E-state index contributed by atoms with van der Waals surface area (Å²) in [5, 5.41) is 7.33. The lowest BCUT2D eigenvalue weighted by Gasteiger charge is -2.09. The van der Waals surface area contributed by atoms with Gasteiger partial charge in [-0.2, -0.15) is 0 Å². The van der Waals surface area contributed by atoms with Gasteiger partial charge in [0.05, 0.1) is 12.1 Å². The van der Waals surface area contributed by atoms with E-state index in [0.29, 0.717) is 6.07 Å². The lowest BCUT2D eigenvalue weighted by molar-refractivity contribution is -0.124. The van der Waals surface area contributed by atoms with E-state index in [9.17, 15) is 23.2 Å². The maximum absolute atomic E-state index is 13.4. The van der Waals surface area contributed by atoms with Crippen molar-refractivity contribution in [1.29, 1.82) is 0 Å². The van der Waals surface area contributed by atoms with Crippen LogP contribution in [0.4, 0.5) is 8.78 Å². The molecule has 126 valence electrons. The van der Waals surface area contributed by atoms with Crippen LogP contribution in [-0.2, 0) is 9.59 Å². The molecule has 23 heavy (non-hydrogen) atoms. The molecule has 1 aromatic carbocycles. The molecule has 6 nitrogen and oxygen atoms in total. The van der Waals surface area contributed by atoms with Gasteiger partial charge in [-0.3, -0.25) is 14.4 Å². The number of rotatable bonds is 7. The molecule has 0 bridgehead atoms. The van der Waals surface area contributed by atoms with E-state index in [-0.39, 0.29) is 37.0 Å². The molecule has 0 fully saturated rings. The standard InChI is InChI=1S/C15H19F2N3O3/c1-9(2)14(22)19-6-5-18-13(21)8-20-15(23)11-4-3-10(16)7-12(11)17/h3-4,7,9H,5-6,8H2,1-2H3,(H,18,21)(H,19,22)(H,20,23). The first-order chi connectivity index (χ1) is 10.8. The fourth-order valence-electron chi connectivity index (χ4n) is 1.58. The van der Waals surface area contributed by atoms with Crippen LogP contribution in [0.2, 0.25) is 0 Å². The molecule has 0 spiro atoms. The molecule has 0 heterocycles. The largest absolute Gasteiger partial charge is 0.354 e. The second-order valence-corrected chi connectivity index (χ2v) is 5.10. The predicted octanol–water partition coefficient (Wildman–Crippen LogP) is 0.583. The number of amides is 3. The first-order valence-electron chi connectivity index (χ1n) is 7.09. The minimum Gasteiger partial charge on any atom is -0.354 e. The molecule has 1 rings (SSSR count). The van der Waals surface area contributed by atoms with Gasteiger partial charge in [-0.05, 0) is 12.1 Å². The number of halogens is 2. The third-order valence-electron chi connectivity index (χ3n) is 2.86. The van der Waals surface area contributed by atoms with Crippen LogP contribution in [0.25, 0.3) is 0 Å². The predicted molar refractivity (Wildman–Crippen MR) is 79.5 cm³/mol. The summed E-state index contributed by atoms with van der Waals surface area (Å²) in [6.45, 7) is 3.62. The van der Waals surface area contributed by atoms with Gasteiger partial charge in [-0.25, -0.2) is 8.78 Å². The summed E-state index contributed by atoms with van der Waals surface area (Å²) in [6, 6.07) is 2.54. The monoisotopic (exact) mass is 327 g/mol. The average Bonchev–Trinajstić information content (AvgIpc) is 2.48. The zero-order valence-corrected chi connectivity index (χ0v) is 12.9. The average molecular weight is 327 g/mol. The number of carbonyl (C=O) groups excluding carboxylic acids is 3. The van der Waals surface area contributed by atoms with E-state index in [0.717, 1.165) is 12.1 Å². The summed E-state index contributed by atoms with van der Waals surface area (Å²) in [7, 11) is 0. The van der Waals surface area contributed by atoms with Crippen molar-refractivity contribution < 1.29 is 23.2 Å². The molecule has 0 aromatic heterocycles. The number of nitrogens with one attached hydrogen (secondary N) is 3. The molecule has 3 N–H and O–H groups in total. The van der Waals surface area contributed by atoms with Gasteiger partial charge < -0.3 is 16.0 Å². The Labute approximate surface area is 132 Å². The second kappa shape index (κ2) is 8.82. The Kier molecular flexibility index (Phi) is 7.11. The second-order valence-electron chi connectivity index (χ2n) is 5.10. The Balaban J connectivity index is 2.30. The van der Waals surface area contributed by atoms with E-state index in [1.165, 1.54) is 0 Å². The molecule has 0 radical (unpaired) electrons. The fraction of sp³-hybridized carbons (Fsp3) is 0.400. The summed E-state index contributed by atoms with van der Waals surface area (Å²) in [5.41, 5.74) is -0.344. The van der Waals surface area contributed by atoms with Crippen LogP contribution in [0.3, 0.4) is 0 Å². The highest BCUT2D eigenvalue weighted by Crippen LogP contribution is 2.08. The maximum Gasteiger partial charge on any atom is 0.254 e. The van der Waals surface area contributed by atoms with Crippen LogP contribution >= 0.6 is 0 Å². The summed E-state index contributed by atoms with van der Waals surface area (Å²) >= 11 is 0. The van der Waals surface area contributed by atoms with E-state index in [2.05, 4.69) is 16.0 Å². The highest BCUT2D eigenvalue weighted by molar-refractivity contribution is 5.96. The van der Waals surface area contributed by atoms with Gasteiger partial charge in [0.15, 0.2) is 0 Å². The smallest absolute Gasteiger partial charge is 0.254 e. The zero-order valence-electron chi connectivity index (χ0n) is 12.9. The van der Waals surface area contributed by atoms with Crippen molar-refractivity contribution in [2.24, 2.45) is 5.92 Å². The van der Waals surface area contributed by atoms with Gasteiger partial charge in [-0.1, -0.05) is 13.8 Å². The lowest BCUT2D eigenvalue weighted by Crippen LogP contribution is -2.41. The number of benzene rings is 1. The van der Waals surface area contributed by atoms with E-state index in [1.807, 2.05) is 0 Å². The van der Waals surface area contributed by atoms with E-state index < -0.39 is 23.4 Å². The topological polar surface area (TPSA) is 87.3 Å². The molecule has 1 aromatic rings. The third-order valence-corrected chi connectivity index (χ3v) is 2.86. The molecular weight excluding hydrogens is 308 g/mol. The fourth-order valence-corrected chi connectivity index (χ4v) is 1.58. The van der Waals surface area contributed by atoms with Gasteiger partial charge in [0.2, 0.25) is 11.8 Å². The summed E-state index contributed by atoms with van der Waals surface area (Å²) in [4.78, 5) is 34.4. The lowest BCUT2D eigenvalue weighted by atomic mass is 10.2. The van der Waals surface area contributed by atoms with E-state index >= 15 is 0 Å². The summed E-state index contributed by atoms with van der Waals surface area (Å²) < 4.78 is 26.1. The Hall–Kier alpha value is -2.51. The molecule has 0 unspecified atom stereocenters. The van der Waals surface area contributed by atoms with Crippen LogP contribution in [0, 0.1) is 17.6 Å². The molecule has 0 saturated heterocycles. The zero-order chi connectivity index (χ0) is 17.4. The summed E-state index contributed by atoms with van der Waals surface area (Å²) in [6.07, 6.45) is 0. The van der Waals surface area contributed by atoms with Crippen LogP contribution in [0.1, 0.15) is 24.2 Å². The summed E-state index contributed by atoms with van der Waals surface area (Å²) in [5.74, 6) is -3.36. The Morgan fingerprint density at radius 2 is 1.70 bits per heavy atom. The Morgan fingerprint density at radius 3 is 2.30 bits per heavy atom. The molecular formula is C15H19F2N3O3. The van der Waals surface area contributed by atoms with Crippen molar-refractivity contribution in [3.63, 3.8) is 0 Å². The quantitative estimate of drug-likeness (QED) is 0.640.